The summed E-state index contributed by atoms with van der Waals surface area (Å²) in [5.74, 6) is -0.139. The number of H-pyrrole nitrogens is 1. The van der Waals surface area contributed by atoms with Gasteiger partial charge in [-0.15, -0.1) is 0 Å². The van der Waals surface area contributed by atoms with Crippen LogP contribution < -0.4 is 0 Å². The average molecular weight is 254 g/mol. The van der Waals surface area contributed by atoms with E-state index in [1.54, 1.807) is 24.1 Å². The zero-order valence-corrected chi connectivity index (χ0v) is 10.6. The summed E-state index contributed by atoms with van der Waals surface area (Å²) in [6, 6.07) is 7.13. The molecule has 5 nitrogen and oxygen atoms in total. The molecule has 0 bridgehead atoms. The first-order valence-corrected chi connectivity index (χ1v) is 5.94. The molecule has 0 spiro atoms. The van der Waals surface area contributed by atoms with Gasteiger partial charge in [0.25, 0.3) is 5.91 Å². The molecule has 96 valence electrons. The molecule has 1 amide bonds. The quantitative estimate of drug-likeness (QED) is 0.900. The van der Waals surface area contributed by atoms with E-state index in [4.69, 9.17) is 5.26 Å². The molecule has 2 aromatic heterocycles. The van der Waals surface area contributed by atoms with E-state index in [2.05, 4.69) is 9.97 Å². The maximum absolute atomic E-state index is 12.1. The second-order valence-electron chi connectivity index (χ2n) is 4.24. The summed E-state index contributed by atoms with van der Waals surface area (Å²) in [6.45, 7) is 0.623. The lowest BCUT2D eigenvalue weighted by atomic mass is 10.2. The molecule has 2 rings (SSSR count). The lowest BCUT2D eigenvalue weighted by Gasteiger charge is -2.16. The van der Waals surface area contributed by atoms with Crippen LogP contribution in [0.3, 0.4) is 0 Å². The number of hydrogen-bond acceptors (Lipinski definition) is 3. The standard InChI is InChI=1S/C14H14N4O/c1-18(7-5-11-4-6-16-9-11)14(19)13-3-2-12(8-15)10-17-13/h2-4,6,9-10,16H,5,7H2,1H3. The van der Waals surface area contributed by atoms with Crippen LogP contribution in [0.2, 0.25) is 0 Å². The molecule has 0 saturated carbocycles. The average Bonchev–Trinajstić information content (AvgIpc) is 2.97. The largest absolute Gasteiger partial charge is 0.367 e. The molecule has 5 heteroatoms. The van der Waals surface area contributed by atoms with E-state index in [9.17, 15) is 4.79 Å². The first kappa shape index (κ1) is 12.8. The third-order valence-corrected chi connectivity index (χ3v) is 2.86. The fourth-order valence-electron chi connectivity index (χ4n) is 1.69. The third kappa shape index (κ3) is 3.19. The van der Waals surface area contributed by atoms with Gasteiger partial charge in [-0.3, -0.25) is 4.79 Å². The van der Waals surface area contributed by atoms with E-state index in [1.165, 1.54) is 6.20 Å². The molecular weight excluding hydrogens is 240 g/mol. The molecule has 0 atom stereocenters. The summed E-state index contributed by atoms with van der Waals surface area (Å²) in [6.07, 6.45) is 5.98. The third-order valence-electron chi connectivity index (χ3n) is 2.86. The van der Waals surface area contributed by atoms with E-state index in [0.29, 0.717) is 17.8 Å². The van der Waals surface area contributed by atoms with Gasteiger partial charge in [-0.05, 0) is 30.2 Å². The van der Waals surface area contributed by atoms with E-state index in [1.807, 2.05) is 24.5 Å². The predicted octanol–water partition coefficient (Wildman–Crippen LogP) is 1.60. The monoisotopic (exact) mass is 254 g/mol. The zero-order chi connectivity index (χ0) is 13.7. The van der Waals surface area contributed by atoms with Crippen molar-refractivity contribution in [3.05, 3.63) is 53.6 Å². The Bertz CT molecular complexity index is 581. The van der Waals surface area contributed by atoms with Gasteiger partial charge >= 0.3 is 0 Å². The van der Waals surface area contributed by atoms with Gasteiger partial charge < -0.3 is 9.88 Å². The first-order valence-electron chi connectivity index (χ1n) is 5.94. The molecule has 0 aliphatic carbocycles. The highest BCUT2D eigenvalue weighted by Gasteiger charge is 2.12. The number of pyridine rings is 1. The molecule has 19 heavy (non-hydrogen) atoms. The second kappa shape index (κ2) is 5.83. The minimum Gasteiger partial charge on any atom is -0.367 e. The lowest BCUT2D eigenvalue weighted by Crippen LogP contribution is -2.29. The number of aromatic nitrogens is 2. The molecule has 0 saturated heterocycles. The van der Waals surface area contributed by atoms with Gasteiger partial charge in [-0.25, -0.2) is 4.98 Å². The topological polar surface area (TPSA) is 72.8 Å². The highest BCUT2D eigenvalue weighted by atomic mass is 16.2. The van der Waals surface area contributed by atoms with Crippen molar-refractivity contribution in [2.75, 3.05) is 13.6 Å². The molecule has 0 unspecified atom stereocenters. The normalized spacial score (nSPS) is 9.89. The van der Waals surface area contributed by atoms with Crippen molar-refractivity contribution in [2.45, 2.75) is 6.42 Å². The van der Waals surface area contributed by atoms with E-state index in [-0.39, 0.29) is 5.91 Å². The Morgan fingerprint density at radius 2 is 2.32 bits per heavy atom. The molecule has 2 aromatic rings. The minimum absolute atomic E-state index is 0.139. The van der Waals surface area contributed by atoms with Crippen molar-refractivity contribution in [3.63, 3.8) is 0 Å². The van der Waals surface area contributed by atoms with Crippen LogP contribution in [0.1, 0.15) is 21.6 Å². The van der Waals surface area contributed by atoms with Crippen molar-refractivity contribution in [1.29, 1.82) is 5.26 Å². The Hall–Kier alpha value is -2.61. The number of rotatable bonds is 4. The lowest BCUT2D eigenvalue weighted by molar-refractivity contribution is 0.0791. The van der Waals surface area contributed by atoms with Crippen molar-refractivity contribution in [3.8, 4) is 6.07 Å². The molecule has 2 heterocycles. The first-order chi connectivity index (χ1) is 9.20. The number of nitrogens with zero attached hydrogens (tertiary/aromatic N) is 3. The molecular formula is C14H14N4O. The summed E-state index contributed by atoms with van der Waals surface area (Å²) < 4.78 is 0. The van der Waals surface area contributed by atoms with Crippen molar-refractivity contribution < 1.29 is 4.79 Å². The fourth-order valence-corrected chi connectivity index (χ4v) is 1.69. The van der Waals surface area contributed by atoms with Crippen molar-refractivity contribution in [2.24, 2.45) is 0 Å². The highest BCUT2D eigenvalue weighted by molar-refractivity contribution is 5.92. The van der Waals surface area contributed by atoms with E-state index in [0.717, 1.165) is 12.0 Å². The van der Waals surface area contributed by atoms with Gasteiger partial charge in [0.15, 0.2) is 0 Å². The number of nitriles is 1. The molecule has 0 radical (unpaired) electrons. The number of likely N-dealkylation sites (N-methyl/N-ethyl adjacent to an activating group) is 1. The van der Waals surface area contributed by atoms with Gasteiger partial charge in [0, 0.05) is 32.2 Å². The van der Waals surface area contributed by atoms with Crippen LogP contribution in [0, 0.1) is 11.3 Å². The predicted molar refractivity (Wildman–Crippen MR) is 70.4 cm³/mol. The number of carbonyl (C=O) groups excluding carboxylic acids is 1. The number of aromatic amines is 1. The van der Waals surface area contributed by atoms with Crippen LogP contribution in [-0.4, -0.2) is 34.4 Å². The maximum atomic E-state index is 12.1. The Morgan fingerprint density at radius 1 is 1.47 bits per heavy atom. The smallest absolute Gasteiger partial charge is 0.272 e. The van der Waals surface area contributed by atoms with Gasteiger partial charge in [0.1, 0.15) is 11.8 Å². The van der Waals surface area contributed by atoms with Crippen molar-refractivity contribution in [1.82, 2.24) is 14.9 Å². The molecule has 0 fully saturated rings. The Kier molecular flexibility index (Phi) is 3.94. The van der Waals surface area contributed by atoms with Crippen LogP contribution >= 0.6 is 0 Å². The van der Waals surface area contributed by atoms with Crippen LogP contribution in [0.15, 0.2) is 36.8 Å². The Balaban J connectivity index is 1.96. The minimum atomic E-state index is -0.139. The summed E-state index contributed by atoms with van der Waals surface area (Å²) in [4.78, 5) is 20.7. The van der Waals surface area contributed by atoms with Crippen molar-refractivity contribution >= 4 is 5.91 Å². The number of amides is 1. The van der Waals surface area contributed by atoms with Crippen LogP contribution in [0.25, 0.3) is 0 Å². The van der Waals surface area contributed by atoms with Crippen LogP contribution in [-0.2, 0) is 6.42 Å². The fraction of sp³-hybridized carbons (Fsp3) is 0.214. The Morgan fingerprint density at radius 3 is 2.89 bits per heavy atom. The summed E-state index contributed by atoms with van der Waals surface area (Å²) in [5.41, 5.74) is 1.97. The summed E-state index contributed by atoms with van der Waals surface area (Å²) >= 11 is 0. The van der Waals surface area contributed by atoms with Gasteiger partial charge in [-0.1, -0.05) is 0 Å². The van der Waals surface area contributed by atoms with Gasteiger partial charge in [-0.2, -0.15) is 5.26 Å². The summed E-state index contributed by atoms with van der Waals surface area (Å²) in [5, 5.41) is 8.68. The number of carbonyl (C=O) groups is 1. The molecule has 0 aromatic carbocycles. The second-order valence-corrected chi connectivity index (χ2v) is 4.24. The van der Waals surface area contributed by atoms with Crippen LogP contribution in [0.4, 0.5) is 0 Å². The molecule has 0 aliphatic heterocycles. The van der Waals surface area contributed by atoms with Gasteiger partial charge in [0.2, 0.25) is 0 Å². The summed E-state index contributed by atoms with van der Waals surface area (Å²) in [7, 11) is 1.74. The van der Waals surface area contributed by atoms with Gasteiger partial charge in [0.05, 0.1) is 5.56 Å². The maximum Gasteiger partial charge on any atom is 0.272 e. The van der Waals surface area contributed by atoms with E-state index < -0.39 is 0 Å². The molecule has 1 N–H and O–H groups in total. The van der Waals surface area contributed by atoms with E-state index >= 15 is 0 Å². The number of hydrogen-bond donors (Lipinski definition) is 1. The Labute approximate surface area is 111 Å². The van der Waals surface area contributed by atoms with Crippen LogP contribution in [0.5, 0.6) is 0 Å². The highest BCUT2D eigenvalue weighted by Crippen LogP contribution is 2.04. The molecule has 0 aliphatic rings. The SMILES string of the molecule is CN(CCc1cc[nH]c1)C(=O)c1ccc(C#N)cn1. The number of nitrogens with one attached hydrogen (secondary N) is 1. The zero-order valence-electron chi connectivity index (χ0n) is 10.6.